The van der Waals surface area contributed by atoms with Crippen LogP contribution in [0, 0.1) is 11.3 Å². The van der Waals surface area contributed by atoms with Crippen LogP contribution in [0.5, 0.6) is 0 Å². The van der Waals surface area contributed by atoms with Crippen LogP contribution >= 0.6 is 12.6 Å². The summed E-state index contributed by atoms with van der Waals surface area (Å²) in [4.78, 5) is 28.5. The van der Waals surface area contributed by atoms with Gasteiger partial charge in [0.25, 0.3) is 0 Å². The number of aliphatic imine (C=N–C) groups is 1. The van der Waals surface area contributed by atoms with Crippen LogP contribution in [0.3, 0.4) is 0 Å². The third kappa shape index (κ3) is 13.0. The lowest BCUT2D eigenvalue weighted by Crippen LogP contribution is -2.50. The molecular weight excluding hydrogens is 350 g/mol. The molecule has 0 heterocycles. The summed E-state index contributed by atoms with van der Waals surface area (Å²) < 4.78 is 12.5. The van der Waals surface area contributed by atoms with Crippen molar-refractivity contribution in [3.8, 4) is 0 Å². The zero-order chi connectivity index (χ0) is 21.3. The van der Waals surface area contributed by atoms with Gasteiger partial charge in [-0.3, -0.25) is 9.79 Å². The van der Waals surface area contributed by atoms with Gasteiger partial charge in [-0.2, -0.15) is 12.6 Å². The summed E-state index contributed by atoms with van der Waals surface area (Å²) in [6.07, 6.45) is 3.16. The van der Waals surface area contributed by atoms with Crippen LogP contribution in [-0.2, 0) is 9.53 Å². The first kappa shape index (κ1) is 22.8. The summed E-state index contributed by atoms with van der Waals surface area (Å²) >= 11 is 3.88. The number of carbonyl (C=O) groups is 2. The summed E-state index contributed by atoms with van der Waals surface area (Å²) in [6, 6.07) is -0.634. The molecule has 1 unspecified atom stereocenters. The molecule has 7 heteroatoms. The van der Waals surface area contributed by atoms with Gasteiger partial charge in [0.15, 0.2) is 0 Å². The van der Waals surface area contributed by atoms with Crippen molar-refractivity contribution < 1.29 is 15.7 Å². The SMILES string of the molecule is [3H]C(S)N=CCCC(C)(C)CNC(=O)[C@H](CC(C)C)NC(=O)OC(C)(C)C. The smallest absolute Gasteiger partial charge is 0.408 e. The van der Waals surface area contributed by atoms with Crippen LogP contribution in [-0.4, -0.2) is 42.3 Å². The van der Waals surface area contributed by atoms with Gasteiger partial charge in [-0.25, -0.2) is 4.79 Å². The molecule has 0 spiro atoms. The zero-order valence-corrected chi connectivity index (χ0v) is 18.2. The van der Waals surface area contributed by atoms with Crippen molar-refractivity contribution in [3.05, 3.63) is 0 Å². The summed E-state index contributed by atoms with van der Waals surface area (Å²) in [5, 5.41) is 5.62. The molecule has 0 rings (SSSR count). The van der Waals surface area contributed by atoms with E-state index in [9.17, 15) is 9.59 Å². The zero-order valence-electron chi connectivity index (χ0n) is 18.3. The van der Waals surface area contributed by atoms with Crippen molar-refractivity contribution in [1.29, 1.82) is 0 Å². The molecule has 2 amide bonds. The van der Waals surface area contributed by atoms with Crippen molar-refractivity contribution in [1.82, 2.24) is 10.6 Å². The van der Waals surface area contributed by atoms with Crippen molar-refractivity contribution in [2.24, 2.45) is 16.3 Å². The fourth-order valence-electron chi connectivity index (χ4n) is 2.27. The molecule has 0 aromatic rings. The minimum absolute atomic E-state index is 0.135. The van der Waals surface area contributed by atoms with E-state index >= 15 is 0 Å². The van der Waals surface area contributed by atoms with Gasteiger partial charge in [-0.1, -0.05) is 27.7 Å². The van der Waals surface area contributed by atoms with Crippen molar-refractivity contribution in [3.63, 3.8) is 0 Å². The molecule has 0 fully saturated rings. The molecular formula is C19H37N3O3S. The lowest BCUT2D eigenvalue weighted by molar-refractivity contribution is -0.124. The third-order valence-corrected chi connectivity index (χ3v) is 3.71. The van der Waals surface area contributed by atoms with Gasteiger partial charge in [0.2, 0.25) is 5.91 Å². The van der Waals surface area contributed by atoms with Gasteiger partial charge < -0.3 is 15.4 Å². The van der Waals surface area contributed by atoms with E-state index in [0.29, 0.717) is 19.4 Å². The average Bonchev–Trinajstić information content (AvgIpc) is 2.46. The van der Waals surface area contributed by atoms with Gasteiger partial charge in [-0.05, 0) is 57.6 Å². The lowest BCUT2D eigenvalue weighted by atomic mass is 9.88. The second kappa shape index (κ2) is 11.5. The topological polar surface area (TPSA) is 79.8 Å². The Labute approximate surface area is 165 Å². The molecule has 2 atom stereocenters. The molecule has 0 bridgehead atoms. The van der Waals surface area contributed by atoms with E-state index in [0.717, 1.165) is 6.42 Å². The fourth-order valence-corrected chi connectivity index (χ4v) is 2.36. The van der Waals surface area contributed by atoms with Gasteiger partial charge in [-0.15, -0.1) is 0 Å². The predicted molar refractivity (Wildman–Crippen MR) is 111 cm³/mol. The summed E-state index contributed by atoms with van der Waals surface area (Å²) in [7, 11) is 0. The number of nitrogens with one attached hydrogen (secondary N) is 2. The summed E-state index contributed by atoms with van der Waals surface area (Å²) in [5.41, 5.74) is -0.748. The molecule has 2 N–H and O–H groups in total. The van der Waals surface area contributed by atoms with Gasteiger partial charge in [0.05, 0.1) is 7.22 Å². The number of alkyl carbamates (subject to hydrolysis) is 1. The fraction of sp³-hybridized carbons (Fsp3) is 0.842. The Hall–Kier alpha value is -1.24. The van der Waals surface area contributed by atoms with E-state index < -0.39 is 23.6 Å². The van der Waals surface area contributed by atoms with Gasteiger partial charge >= 0.3 is 6.09 Å². The van der Waals surface area contributed by atoms with Crippen LogP contribution in [0.25, 0.3) is 0 Å². The molecule has 0 radical (unpaired) electrons. The second-order valence-corrected chi connectivity index (χ2v) is 8.93. The minimum Gasteiger partial charge on any atom is -0.444 e. The van der Waals surface area contributed by atoms with Crippen LogP contribution in [0.4, 0.5) is 4.79 Å². The number of amides is 2. The lowest BCUT2D eigenvalue weighted by Gasteiger charge is -2.27. The highest BCUT2D eigenvalue weighted by molar-refractivity contribution is 7.80. The Bertz CT molecular complexity index is 503. The first-order valence-electron chi connectivity index (χ1n) is 9.69. The van der Waals surface area contributed by atoms with Crippen LogP contribution in [0.1, 0.15) is 69.1 Å². The van der Waals surface area contributed by atoms with E-state index in [2.05, 4.69) is 42.1 Å². The molecule has 0 saturated carbocycles. The maximum atomic E-state index is 12.6. The van der Waals surface area contributed by atoms with Crippen molar-refractivity contribution in [2.45, 2.75) is 79.4 Å². The first-order valence-corrected chi connectivity index (χ1v) is 9.62. The van der Waals surface area contributed by atoms with E-state index in [1.165, 1.54) is 0 Å². The molecule has 0 aromatic carbocycles. The third-order valence-electron chi connectivity index (χ3n) is 3.58. The van der Waals surface area contributed by atoms with Gasteiger partial charge in [0.1, 0.15) is 11.6 Å². The molecule has 152 valence electrons. The normalized spacial score (nSPS) is 15.5. The molecule has 0 aliphatic carbocycles. The van der Waals surface area contributed by atoms with Crippen LogP contribution in [0.15, 0.2) is 4.99 Å². The predicted octanol–water partition coefficient (Wildman–Crippen LogP) is 3.81. The Morgan fingerprint density at radius 1 is 1.27 bits per heavy atom. The summed E-state index contributed by atoms with van der Waals surface area (Å²) in [5.74, 6) is -0.708. The molecule has 26 heavy (non-hydrogen) atoms. The number of thiol groups is 1. The summed E-state index contributed by atoms with van der Waals surface area (Å²) in [6.45, 7) is 13.9. The van der Waals surface area contributed by atoms with E-state index in [4.69, 9.17) is 6.11 Å². The minimum atomic E-state index is -0.747. The number of hydrogen-bond acceptors (Lipinski definition) is 5. The number of carbonyl (C=O) groups excluding carboxylic acids is 2. The number of nitrogens with zero attached hydrogens (tertiary/aromatic N) is 1. The molecule has 0 aliphatic rings. The van der Waals surface area contributed by atoms with Gasteiger partial charge in [0, 0.05) is 6.54 Å². The quantitative estimate of drug-likeness (QED) is 0.393. The van der Waals surface area contributed by atoms with E-state index in [-0.39, 0.29) is 17.2 Å². The maximum Gasteiger partial charge on any atom is 0.408 e. The highest BCUT2D eigenvalue weighted by Gasteiger charge is 2.26. The number of ether oxygens (including phenoxy) is 1. The monoisotopic (exact) mass is 389 g/mol. The average molecular weight is 390 g/mol. The highest BCUT2D eigenvalue weighted by atomic mass is 32.1. The molecule has 6 nitrogen and oxygen atoms in total. The molecule has 0 aliphatic heterocycles. The first-order chi connectivity index (χ1) is 12.2. The molecule has 0 aromatic heterocycles. The second-order valence-electron chi connectivity index (χ2n) is 8.70. The highest BCUT2D eigenvalue weighted by Crippen LogP contribution is 2.20. The standard InChI is InChI=1S/C19H37N3O3S/c1-14(2)11-15(22-17(24)25-18(3,4)5)16(23)21-12-19(6,7)9-8-10-20-13-26/h10,14-15,26H,8-9,11-13H2,1-7H3,(H,21,23)(H,22,24)/t15-/m0/s1/i13T/t13?,15-. The Morgan fingerprint density at radius 2 is 1.88 bits per heavy atom. The Morgan fingerprint density at radius 3 is 2.38 bits per heavy atom. The van der Waals surface area contributed by atoms with Crippen molar-refractivity contribution >= 4 is 30.8 Å². The van der Waals surface area contributed by atoms with E-state index in [1.54, 1.807) is 27.0 Å². The van der Waals surface area contributed by atoms with Crippen molar-refractivity contribution in [2.75, 3.05) is 12.4 Å². The van der Waals surface area contributed by atoms with Crippen LogP contribution < -0.4 is 10.6 Å². The Balaban J connectivity index is 4.68. The van der Waals surface area contributed by atoms with Crippen LogP contribution in [0.2, 0.25) is 0 Å². The number of rotatable bonds is 10. The Kier molecular flexibility index (Phi) is 10.1. The number of hydrogen-bond donors (Lipinski definition) is 3. The maximum absolute atomic E-state index is 12.6. The van der Waals surface area contributed by atoms with E-state index in [1.807, 2.05) is 13.8 Å². The molecule has 0 saturated heterocycles. The largest absolute Gasteiger partial charge is 0.444 e.